The predicted octanol–water partition coefficient (Wildman–Crippen LogP) is 8.45. The Balaban J connectivity index is 1.43. The molecule has 1 saturated heterocycles. The summed E-state index contributed by atoms with van der Waals surface area (Å²) in [7, 11) is 0. The molecule has 1 aliphatic carbocycles. The van der Waals surface area contributed by atoms with Crippen LogP contribution in [0.3, 0.4) is 0 Å². The van der Waals surface area contributed by atoms with Gasteiger partial charge in [0.15, 0.2) is 0 Å². The van der Waals surface area contributed by atoms with Gasteiger partial charge < -0.3 is 10.2 Å². The second-order valence-electron chi connectivity index (χ2n) is 10.0. The number of para-hydroxylation sites is 1. The summed E-state index contributed by atoms with van der Waals surface area (Å²) in [6.45, 7) is 15.2. The van der Waals surface area contributed by atoms with Gasteiger partial charge in [-0.25, -0.2) is 0 Å². The third-order valence-electron chi connectivity index (χ3n) is 7.47. The van der Waals surface area contributed by atoms with Crippen molar-refractivity contribution in [2.75, 3.05) is 23.3 Å². The van der Waals surface area contributed by atoms with E-state index in [1.807, 2.05) is 6.08 Å². The molecule has 1 aliphatic heterocycles. The van der Waals surface area contributed by atoms with Crippen LogP contribution in [0.25, 0.3) is 17.2 Å². The first-order valence-electron chi connectivity index (χ1n) is 12.9. The monoisotopic (exact) mass is 460 g/mol. The molecule has 1 unspecified atom stereocenters. The van der Waals surface area contributed by atoms with Gasteiger partial charge in [0, 0.05) is 30.5 Å². The Morgan fingerprint density at radius 2 is 1.71 bits per heavy atom. The molecular formula is C33H36N2. The fraction of sp³-hybridized carbons (Fsp3) is 0.273. The normalized spacial score (nSPS) is 16.3. The maximum Gasteiger partial charge on any atom is 0.0489 e. The molecule has 0 aromatic heterocycles. The molecule has 3 aromatic rings. The quantitative estimate of drug-likeness (QED) is 0.397. The van der Waals surface area contributed by atoms with Crippen molar-refractivity contribution in [2.24, 2.45) is 0 Å². The number of nitrogens with one attached hydrogen (secondary N) is 1. The zero-order chi connectivity index (χ0) is 24.4. The first-order valence-corrected chi connectivity index (χ1v) is 12.9. The number of rotatable bonds is 6. The molecule has 0 spiro atoms. The number of fused-ring (bicyclic) bond motifs is 1. The molecule has 178 valence electrons. The van der Waals surface area contributed by atoms with Crippen LogP contribution < -0.4 is 10.2 Å². The highest BCUT2D eigenvalue weighted by molar-refractivity contribution is 5.90. The van der Waals surface area contributed by atoms with E-state index in [1.165, 1.54) is 71.4 Å². The molecule has 0 amide bonds. The van der Waals surface area contributed by atoms with E-state index < -0.39 is 0 Å². The molecule has 0 radical (unpaired) electrons. The fourth-order valence-corrected chi connectivity index (χ4v) is 5.59. The Morgan fingerprint density at radius 1 is 0.971 bits per heavy atom. The zero-order valence-electron chi connectivity index (χ0n) is 21.1. The minimum atomic E-state index is 0.165. The van der Waals surface area contributed by atoms with Crippen LogP contribution in [-0.2, 0) is 6.42 Å². The van der Waals surface area contributed by atoms with Gasteiger partial charge in [-0.1, -0.05) is 73.3 Å². The number of anilines is 2. The van der Waals surface area contributed by atoms with E-state index in [0.717, 1.165) is 23.2 Å². The van der Waals surface area contributed by atoms with Crippen LogP contribution >= 0.6 is 0 Å². The third kappa shape index (κ3) is 4.84. The van der Waals surface area contributed by atoms with Gasteiger partial charge in [-0.05, 0) is 96.7 Å². The van der Waals surface area contributed by atoms with E-state index in [4.69, 9.17) is 0 Å². The van der Waals surface area contributed by atoms with Gasteiger partial charge in [-0.2, -0.15) is 0 Å². The Morgan fingerprint density at radius 3 is 2.46 bits per heavy atom. The van der Waals surface area contributed by atoms with Gasteiger partial charge >= 0.3 is 0 Å². The number of nitrogens with zero attached hydrogens (tertiary/aromatic N) is 1. The summed E-state index contributed by atoms with van der Waals surface area (Å²) in [6, 6.07) is 22.3. The third-order valence-corrected chi connectivity index (χ3v) is 7.47. The maximum absolute atomic E-state index is 4.46. The van der Waals surface area contributed by atoms with Crippen molar-refractivity contribution < 1.29 is 0 Å². The van der Waals surface area contributed by atoms with Gasteiger partial charge in [0.05, 0.1) is 0 Å². The lowest BCUT2D eigenvalue weighted by Crippen LogP contribution is -2.29. The number of hydrogen-bond donors (Lipinski definition) is 1. The second-order valence-corrected chi connectivity index (χ2v) is 10.0. The summed E-state index contributed by atoms with van der Waals surface area (Å²) < 4.78 is 0. The van der Waals surface area contributed by atoms with Crippen LogP contribution in [0.2, 0.25) is 0 Å². The highest BCUT2D eigenvalue weighted by Crippen LogP contribution is 2.39. The number of allylic oxidation sites excluding steroid dienone is 3. The molecule has 2 aliphatic rings. The molecule has 1 N–H and O–H groups in total. The Hall–Kier alpha value is -3.52. The molecule has 35 heavy (non-hydrogen) atoms. The van der Waals surface area contributed by atoms with Crippen molar-refractivity contribution in [3.8, 4) is 0 Å². The van der Waals surface area contributed by atoms with E-state index in [0.29, 0.717) is 0 Å². The van der Waals surface area contributed by atoms with Gasteiger partial charge in [0.1, 0.15) is 0 Å². The van der Waals surface area contributed by atoms with Gasteiger partial charge in [0.2, 0.25) is 0 Å². The molecule has 3 aromatic carbocycles. The maximum atomic E-state index is 4.46. The van der Waals surface area contributed by atoms with Crippen molar-refractivity contribution >= 4 is 28.6 Å². The minimum Gasteiger partial charge on any atom is -0.378 e. The average Bonchev–Trinajstić information content (AvgIpc) is 2.89. The highest BCUT2D eigenvalue weighted by Gasteiger charge is 2.22. The van der Waals surface area contributed by atoms with Crippen molar-refractivity contribution in [1.82, 2.24) is 0 Å². The topological polar surface area (TPSA) is 15.3 Å². The Bertz CT molecular complexity index is 1270. The summed E-state index contributed by atoms with van der Waals surface area (Å²) >= 11 is 0. The summed E-state index contributed by atoms with van der Waals surface area (Å²) in [5, 5.41) is 3.74. The fourth-order valence-electron chi connectivity index (χ4n) is 5.59. The smallest absolute Gasteiger partial charge is 0.0489 e. The summed E-state index contributed by atoms with van der Waals surface area (Å²) in [6.07, 6.45) is 9.08. The molecule has 0 saturated carbocycles. The molecular weight excluding hydrogens is 424 g/mol. The summed E-state index contributed by atoms with van der Waals surface area (Å²) in [4.78, 5) is 2.52. The van der Waals surface area contributed by atoms with Crippen LogP contribution in [0.4, 0.5) is 11.4 Å². The largest absolute Gasteiger partial charge is 0.378 e. The molecule has 5 rings (SSSR count). The van der Waals surface area contributed by atoms with Crippen molar-refractivity contribution in [2.45, 2.75) is 45.6 Å². The van der Waals surface area contributed by atoms with Crippen molar-refractivity contribution in [3.63, 3.8) is 0 Å². The average molecular weight is 461 g/mol. The Kier molecular flexibility index (Phi) is 6.63. The summed E-state index contributed by atoms with van der Waals surface area (Å²) in [5.74, 6) is 0. The molecule has 2 heteroatoms. The SMILES string of the molecule is C=Cc1ccccc1NC(C)c1cc(C)cc2c1CC(c1ccc(N3CCCCC3)cc1)=CC2=C. The van der Waals surface area contributed by atoms with E-state index in [9.17, 15) is 0 Å². The predicted molar refractivity (Wildman–Crippen MR) is 153 cm³/mol. The standard InChI is InChI=1S/C33H36N2/c1-5-26-11-7-8-12-33(26)34-25(4)31-20-23(2)19-30-24(3)21-28(22-32(30)31)27-13-15-29(16-14-27)35-17-9-6-10-18-35/h5,7-8,11-16,19-21,25,34H,1,3,6,9-10,17-18,22H2,2,4H3. The van der Waals surface area contributed by atoms with Crippen LogP contribution in [0, 0.1) is 6.92 Å². The number of benzene rings is 3. The lowest BCUT2D eigenvalue weighted by molar-refractivity contribution is 0.578. The molecule has 2 nitrogen and oxygen atoms in total. The Labute approximate surface area is 210 Å². The van der Waals surface area contributed by atoms with Crippen LogP contribution in [-0.4, -0.2) is 13.1 Å². The molecule has 1 atom stereocenters. The highest BCUT2D eigenvalue weighted by atomic mass is 15.1. The van der Waals surface area contributed by atoms with E-state index in [-0.39, 0.29) is 6.04 Å². The van der Waals surface area contributed by atoms with E-state index >= 15 is 0 Å². The lowest BCUT2D eigenvalue weighted by Gasteiger charge is -2.29. The van der Waals surface area contributed by atoms with Gasteiger partial charge in [-0.3, -0.25) is 0 Å². The van der Waals surface area contributed by atoms with Crippen LogP contribution in [0.1, 0.15) is 65.6 Å². The first-order chi connectivity index (χ1) is 17.0. The van der Waals surface area contributed by atoms with Gasteiger partial charge in [0.25, 0.3) is 0 Å². The number of aryl methyl sites for hydroxylation is 1. The van der Waals surface area contributed by atoms with E-state index in [1.54, 1.807) is 0 Å². The molecule has 0 bridgehead atoms. The zero-order valence-corrected chi connectivity index (χ0v) is 21.1. The lowest BCUT2D eigenvalue weighted by atomic mass is 9.81. The minimum absolute atomic E-state index is 0.165. The number of piperidine rings is 1. The van der Waals surface area contributed by atoms with Crippen molar-refractivity contribution in [1.29, 1.82) is 0 Å². The first kappa shape index (κ1) is 23.2. The second kappa shape index (κ2) is 10.00. The van der Waals surface area contributed by atoms with Crippen LogP contribution in [0.5, 0.6) is 0 Å². The summed E-state index contributed by atoms with van der Waals surface area (Å²) in [5.41, 5.74) is 12.6. The van der Waals surface area contributed by atoms with Gasteiger partial charge in [-0.15, -0.1) is 0 Å². The van der Waals surface area contributed by atoms with E-state index in [2.05, 4.69) is 104 Å². The van der Waals surface area contributed by atoms with Crippen LogP contribution in [0.15, 0.2) is 79.9 Å². The molecule has 1 heterocycles. The molecule has 1 fully saturated rings. The van der Waals surface area contributed by atoms with Crippen molar-refractivity contribution in [3.05, 3.63) is 113 Å². The number of hydrogen-bond acceptors (Lipinski definition) is 2.